The van der Waals surface area contributed by atoms with Crippen molar-refractivity contribution in [1.29, 1.82) is 0 Å². The van der Waals surface area contributed by atoms with Crippen molar-refractivity contribution in [2.24, 2.45) is 4.99 Å². The average molecular weight is 252 g/mol. The molecule has 0 heterocycles. The fraction of sp³-hybridized carbons (Fsp3) is 0. The summed E-state index contributed by atoms with van der Waals surface area (Å²) in [5, 5.41) is 0.598. The van der Waals surface area contributed by atoms with Crippen molar-refractivity contribution < 1.29 is 8.78 Å². The second-order valence-electron chi connectivity index (χ2n) is 3.40. The van der Waals surface area contributed by atoms with Gasteiger partial charge in [-0.25, -0.2) is 8.78 Å². The van der Waals surface area contributed by atoms with E-state index in [0.717, 1.165) is 18.2 Å². The number of nitrogens with zero attached hydrogens (tertiary/aromatic N) is 1. The molecule has 0 atom stereocenters. The highest BCUT2D eigenvalue weighted by molar-refractivity contribution is 6.30. The van der Waals surface area contributed by atoms with E-state index in [1.165, 1.54) is 6.21 Å². The minimum Gasteiger partial charge on any atom is -0.256 e. The number of rotatable bonds is 2. The summed E-state index contributed by atoms with van der Waals surface area (Å²) in [6.07, 6.45) is 1.28. The van der Waals surface area contributed by atoms with Crippen LogP contribution in [0.4, 0.5) is 14.5 Å². The second-order valence-corrected chi connectivity index (χ2v) is 3.84. The summed E-state index contributed by atoms with van der Waals surface area (Å²) in [5.41, 5.74) is 0.734. The number of benzene rings is 2. The largest absolute Gasteiger partial charge is 0.256 e. The first-order chi connectivity index (χ1) is 8.15. The molecular weight excluding hydrogens is 244 g/mol. The van der Waals surface area contributed by atoms with Crippen molar-refractivity contribution in [3.8, 4) is 0 Å². The molecule has 4 heteroatoms. The van der Waals surface area contributed by atoms with Crippen LogP contribution in [0.2, 0.25) is 5.02 Å². The predicted molar refractivity (Wildman–Crippen MR) is 65.1 cm³/mol. The molecule has 0 aromatic heterocycles. The molecule has 0 aliphatic heterocycles. The zero-order chi connectivity index (χ0) is 12.3. The van der Waals surface area contributed by atoms with E-state index in [-0.39, 0.29) is 5.56 Å². The maximum atomic E-state index is 13.3. The number of hydrogen-bond donors (Lipinski definition) is 0. The monoisotopic (exact) mass is 251 g/mol. The maximum absolute atomic E-state index is 13.3. The Morgan fingerprint density at radius 1 is 1.00 bits per heavy atom. The highest BCUT2D eigenvalue weighted by Crippen LogP contribution is 2.16. The first-order valence-electron chi connectivity index (χ1n) is 4.90. The lowest BCUT2D eigenvalue weighted by Gasteiger charge is -1.97. The molecule has 0 unspecified atom stereocenters. The van der Waals surface area contributed by atoms with E-state index in [9.17, 15) is 8.78 Å². The maximum Gasteiger partial charge on any atom is 0.132 e. The molecule has 2 aromatic carbocycles. The number of halogens is 3. The third-order valence-corrected chi connectivity index (χ3v) is 2.39. The van der Waals surface area contributed by atoms with Crippen molar-refractivity contribution in [3.05, 3.63) is 64.7 Å². The van der Waals surface area contributed by atoms with Gasteiger partial charge in [0.15, 0.2) is 0 Å². The van der Waals surface area contributed by atoms with Gasteiger partial charge < -0.3 is 0 Å². The van der Waals surface area contributed by atoms with Crippen molar-refractivity contribution in [2.75, 3.05) is 0 Å². The molecule has 17 heavy (non-hydrogen) atoms. The van der Waals surface area contributed by atoms with Gasteiger partial charge in [0, 0.05) is 16.8 Å². The van der Waals surface area contributed by atoms with E-state index in [4.69, 9.17) is 11.6 Å². The normalized spacial score (nSPS) is 11.0. The lowest BCUT2D eigenvalue weighted by molar-refractivity contribution is 0.598. The Balaban J connectivity index is 2.25. The number of hydrogen-bond acceptors (Lipinski definition) is 1. The molecule has 0 spiro atoms. The molecule has 0 N–H and O–H groups in total. The average Bonchev–Trinajstić information content (AvgIpc) is 2.32. The van der Waals surface area contributed by atoms with Gasteiger partial charge in [-0.1, -0.05) is 11.6 Å². The highest BCUT2D eigenvalue weighted by atomic mass is 35.5. The summed E-state index contributed by atoms with van der Waals surface area (Å²) in [4.78, 5) is 4.03. The van der Waals surface area contributed by atoms with Gasteiger partial charge >= 0.3 is 0 Å². The topological polar surface area (TPSA) is 12.4 Å². The van der Waals surface area contributed by atoms with Crippen LogP contribution in [0.15, 0.2) is 47.5 Å². The van der Waals surface area contributed by atoms with Crippen LogP contribution in [0, 0.1) is 11.6 Å². The highest BCUT2D eigenvalue weighted by Gasteiger charge is 2.00. The van der Waals surface area contributed by atoms with Gasteiger partial charge in [-0.3, -0.25) is 4.99 Å². The van der Waals surface area contributed by atoms with Crippen molar-refractivity contribution in [2.45, 2.75) is 0 Å². The van der Waals surface area contributed by atoms with Gasteiger partial charge in [0.05, 0.1) is 5.69 Å². The first-order valence-corrected chi connectivity index (χ1v) is 5.27. The molecule has 0 bridgehead atoms. The summed E-state index contributed by atoms with van der Waals surface area (Å²) < 4.78 is 26.1. The Labute approximate surface area is 102 Å². The van der Waals surface area contributed by atoms with Crippen LogP contribution in [0.3, 0.4) is 0 Å². The third-order valence-electron chi connectivity index (χ3n) is 2.14. The molecule has 1 nitrogen and oxygen atoms in total. The Kier molecular flexibility index (Phi) is 3.49. The molecule has 0 radical (unpaired) electrons. The molecule has 2 aromatic rings. The molecule has 0 aliphatic rings. The minimum absolute atomic E-state index is 0.111. The summed E-state index contributed by atoms with van der Waals surface area (Å²) >= 11 is 5.71. The van der Waals surface area contributed by atoms with E-state index < -0.39 is 11.6 Å². The first kappa shape index (κ1) is 11.7. The lowest BCUT2D eigenvalue weighted by Crippen LogP contribution is -1.89. The fourth-order valence-corrected chi connectivity index (χ4v) is 1.41. The Bertz CT molecular complexity index is 550. The molecule has 0 aliphatic carbocycles. The summed E-state index contributed by atoms with van der Waals surface area (Å²) in [6, 6.07) is 9.96. The zero-order valence-corrected chi connectivity index (χ0v) is 9.46. The molecule has 86 valence electrons. The molecule has 0 saturated carbocycles. The standard InChI is InChI=1S/C13H8ClF2N/c14-10-1-4-12(5-2-10)17-8-9-7-11(15)3-6-13(9)16/h1-8H/b17-8+. The molecular formula is C13H8ClF2N. The molecule has 0 saturated heterocycles. The van der Waals surface area contributed by atoms with Crippen LogP contribution < -0.4 is 0 Å². The van der Waals surface area contributed by atoms with Crippen LogP contribution in [0.25, 0.3) is 0 Å². The summed E-state index contributed by atoms with van der Waals surface area (Å²) in [6.45, 7) is 0. The van der Waals surface area contributed by atoms with E-state index in [1.807, 2.05) is 0 Å². The van der Waals surface area contributed by atoms with Gasteiger partial charge in [-0.05, 0) is 42.5 Å². The van der Waals surface area contributed by atoms with Crippen molar-refractivity contribution in [3.63, 3.8) is 0 Å². The Morgan fingerprint density at radius 3 is 2.41 bits per heavy atom. The smallest absolute Gasteiger partial charge is 0.132 e. The SMILES string of the molecule is Fc1ccc(F)c(/C=N/c2ccc(Cl)cc2)c1. The predicted octanol–water partition coefficient (Wildman–Crippen LogP) is 4.37. The quantitative estimate of drug-likeness (QED) is 0.703. The van der Waals surface area contributed by atoms with Gasteiger partial charge in [0.1, 0.15) is 11.6 Å². The second kappa shape index (κ2) is 5.06. The molecule has 0 fully saturated rings. The van der Waals surface area contributed by atoms with E-state index in [2.05, 4.69) is 4.99 Å². The summed E-state index contributed by atoms with van der Waals surface area (Å²) in [5.74, 6) is -1.01. The lowest BCUT2D eigenvalue weighted by atomic mass is 10.2. The Morgan fingerprint density at radius 2 is 1.71 bits per heavy atom. The van der Waals surface area contributed by atoms with Crippen molar-refractivity contribution in [1.82, 2.24) is 0 Å². The van der Waals surface area contributed by atoms with E-state index in [1.54, 1.807) is 24.3 Å². The Hall–Kier alpha value is -1.74. The minimum atomic E-state index is -0.510. The van der Waals surface area contributed by atoms with Crippen LogP contribution in [-0.4, -0.2) is 6.21 Å². The van der Waals surface area contributed by atoms with Crippen LogP contribution in [0.5, 0.6) is 0 Å². The third kappa shape index (κ3) is 3.11. The van der Waals surface area contributed by atoms with E-state index in [0.29, 0.717) is 10.7 Å². The van der Waals surface area contributed by atoms with Crippen LogP contribution in [-0.2, 0) is 0 Å². The molecule has 0 amide bonds. The zero-order valence-electron chi connectivity index (χ0n) is 8.70. The molecule has 2 rings (SSSR count). The summed E-state index contributed by atoms with van der Waals surface area (Å²) in [7, 11) is 0. The van der Waals surface area contributed by atoms with E-state index >= 15 is 0 Å². The van der Waals surface area contributed by atoms with Gasteiger partial charge in [-0.15, -0.1) is 0 Å². The van der Waals surface area contributed by atoms with Crippen LogP contribution in [0.1, 0.15) is 5.56 Å². The number of aliphatic imine (C=N–C) groups is 1. The van der Waals surface area contributed by atoms with Gasteiger partial charge in [0.2, 0.25) is 0 Å². The van der Waals surface area contributed by atoms with Gasteiger partial charge in [-0.2, -0.15) is 0 Å². The fourth-order valence-electron chi connectivity index (χ4n) is 1.28. The van der Waals surface area contributed by atoms with Crippen molar-refractivity contribution >= 4 is 23.5 Å². The van der Waals surface area contributed by atoms with Crippen LogP contribution >= 0.6 is 11.6 Å². The van der Waals surface area contributed by atoms with Gasteiger partial charge in [0.25, 0.3) is 0 Å².